The molecule has 0 aliphatic rings. The first-order valence-electron chi connectivity index (χ1n) is 9.46. The summed E-state index contributed by atoms with van der Waals surface area (Å²) in [4.78, 5) is 14.7. The number of hydrogen-bond acceptors (Lipinski definition) is 5. The lowest BCUT2D eigenvalue weighted by Crippen LogP contribution is -2.43. The molecule has 1 heterocycles. The van der Waals surface area contributed by atoms with Gasteiger partial charge in [-0.3, -0.25) is 4.79 Å². The van der Waals surface area contributed by atoms with Gasteiger partial charge in [-0.15, -0.1) is 10.2 Å². The summed E-state index contributed by atoms with van der Waals surface area (Å²) in [5.41, 5.74) is 1.73. The Bertz CT molecular complexity index is 987. The predicted octanol–water partition coefficient (Wildman–Crippen LogP) is 4.90. The number of ether oxygens (including phenoxy) is 1. The van der Waals surface area contributed by atoms with E-state index in [0.717, 1.165) is 5.56 Å². The van der Waals surface area contributed by atoms with Crippen LogP contribution in [0.25, 0.3) is 11.5 Å². The molecule has 0 N–H and O–H groups in total. The summed E-state index contributed by atoms with van der Waals surface area (Å²) in [6.45, 7) is 7.77. The van der Waals surface area contributed by atoms with E-state index < -0.39 is 6.10 Å². The number of aryl methyl sites for hydroxylation is 1. The van der Waals surface area contributed by atoms with Crippen LogP contribution < -0.4 is 4.74 Å². The summed E-state index contributed by atoms with van der Waals surface area (Å²) in [6, 6.07) is 14.8. The summed E-state index contributed by atoms with van der Waals surface area (Å²) in [7, 11) is 0. The van der Waals surface area contributed by atoms with E-state index in [1.54, 1.807) is 17.9 Å². The van der Waals surface area contributed by atoms with E-state index in [9.17, 15) is 4.79 Å². The summed E-state index contributed by atoms with van der Waals surface area (Å²) in [5, 5.41) is 8.68. The Labute approximate surface area is 175 Å². The van der Waals surface area contributed by atoms with Crippen LogP contribution in [0.5, 0.6) is 5.75 Å². The smallest absolute Gasteiger partial charge is 0.264 e. The standard InChI is InChI=1S/C22H24ClN3O3/c1-14(2)26(22(27)16(4)28-17-9-7-8-15(3)12-17)13-20-24-25-21(29-20)18-10-5-6-11-19(18)23/h5-12,14,16H,13H2,1-4H3/t16-/m0/s1. The summed E-state index contributed by atoms with van der Waals surface area (Å²) in [5.74, 6) is 1.17. The van der Waals surface area contributed by atoms with Crippen LogP contribution in [-0.2, 0) is 11.3 Å². The van der Waals surface area contributed by atoms with E-state index in [0.29, 0.717) is 28.1 Å². The monoisotopic (exact) mass is 413 g/mol. The van der Waals surface area contributed by atoms with Crippen LogP contribution in [0, 0.1) is 6.92 Å². The largest absolute Gasteiger partial charge is 0.481 e. The first-order valence-corrected chi connectivity index (χ1v) is 9.84. The Morgan fingerprint density at radius 2 is 1.90 bits per heavy atom. The van der Waals surface area contributed by atoms with Gasteiger partial charge >= 0.3 is 0 Å². The minimum Gasteiger partial charge on any atom is -0.481 e. The first-order chi connectivity index (χ1) is 13.8. The lowest BCUT2D eigenvalue weighted by atomic mass is 10.2. The van der Waals surface area contributed by atoms with Gasteiger partial charge in [0.25, 0.3) is 5.91 Å². The molecule has 3 aromatic rings. The highest BCUT2D eigenvalue weighted by atomic mass is 35.5. The van der Waals surface area contributed by atoms with Gasteiger partial charge in [-0.2, -0.15) is 0 Å². The Balaban J connectivity index is 1.73. The number of carbonyl (C=O) groups is 1. The average Bonchev–Trinajstić information content (AvgIpc) is 3.14. The van der Waals surface area contributed by atoms with Crippen molar-refractivity contribution in [1.29, 1.82) is 0 Å². The van der Waals surface area contributed by atoms with Crippen LogP contribution in [-0.4, -0.2) is 33.2 Å². The van der Waals surface area contributed by atoms with Gasteiger partial charge in [0.15, 0.2) is 6.10 Å². The van der Waals surface area contributed by atoms with Gasteiger partial charge in [-0.25, -0.2) is 0 Å². The number of aromatic nitrogens is 2. The van der Waals surface area contributed by atoms with Crippen molar-refractivity contribution in [2.75, 3.05) is 0 Å². The van der Waals surface area contributed by atoms with E-state index in [1.165, 1.54) is 0 Å². The third-order valence-electron chi connectivity index (χ3n) is 4.43. The molecular formula is C22H24ClN3O3. The second-order valence-electron chi connectivity index (χ2n) is 7.12. The maximum atomic E-state index is 13.0. The lowest BCUT2D eigenvalue weighted by Gasteiger charge is -2.28. The Kier molecular flexibility index (Phi) is 6.54. The third kappa shape index (κ3) is 5.15. The third-order valence-corrected chi connectivity index (χ3v) is 4.76. The van der Waals surface area contributed by atoms with Crippen molar-refractivity contribution in [3.8, 4) is 17.2 Å². The molecular weight excluding hydrogens is 390 g/mol. The highest BCUT2D eigenvalue weighted by molar-refractivity contribution is 6.33. The molecule has 1 aromatic heterocycles. The maximum absolute atomic E-state index is 13.0. The number of benzene rings is 2. The van der Waals surface area contributed by atoms with Crippen molar-refractivity contribution in [2.45, 2.75) is 46.4 Å². The van der Waals surface area contributed by atoms with Crippen LogP contribution in [0.4, 0.5) is 0 Å². The second kappa shape index (κ2) is 9.09. The molecule has 3 rings (SSSR count). The average molecular weight is 414 g/mol. The molecule has 0 saturated heterocycles. The van der Waals surface area contributed by atoms with Crippen LogP contribution in [0.15, 0.2) is 52.9 Å². The molecule has 0 aliphatic carbocycles. The molecule has 1 atom stereocenters. The van der Waals surface area contributed by atoms with E-state index in [1.807, 2.05) is 63.2 Å². The van der Waals surface area contributed by atoms with Crippen molar-refractivity contribution >= 4 is 17.5 Å². The minimum atomic E-state index is -0.648. The van der Waals surface area contributed by atoms with Crippen molar-refractivity contribution in [3.63, 3.8) is 0 Å². The van der Waals surface area contributed by atoms with Crippen LogP contribution in [0.3, 0.4) is 0 Å². The van der Waals surface area contributed by atoms with Gasteiger partial charge in [-0.1, -0.05) is 35.9 Å². The minimum absolute atomic E-state index is 0.0678. The number of carbonyl (C=O) groups excluding carboxylic acids is 1. The van der Waals surface area contributed by atoms with Gasteiger partial charge in [0, 0.05) is 6.04 Å². The first kappa shape index (κ1) is 20.9. The molecule has 29 heavy (non-hydrogen) atoms. The molecule has 0 fully saturated rings. The fourth-order valence-electron chi connectivity index (χ4n) is 2.90. The fraction of sp³-hybridized carbons (Fsp3) is 0.318. The van der Waals surface area contributed by atoms with Gasteiger partial charge < -0.3 is 14.1 Å². The van der Waals surface area contributed by atoms with Crippen molar-refractivity contribution in [1.82, 2.24) is 15.1 Å². The predicted molar refractivity (Wildman–Crippen MR) is 112 cm³/mol. The Hall–Kier alpha value is -2.86. The highest BCUT2D eigenvalue weighted by Crippen LogP contribution is 2.26. The number of halogens is 1. The van der Waals surface area contributed by atoms with Gasteiger partial charge in [-0.05, 0) is 57.5 Å². The maximum Gasteiger partial charge on any atom is 0.264 e. The topological polar surface area (TPSA) is 68.5 Å². The highest BCUT2D eigenvalue weighted by Gasteiger charge is 2.26. The van der Waals surface area contributed by atoms with Crippen LogP contribution in [0.2, 0.25) is 5.02 Å². The summed E-state index contributed by atoms with van der Waals surface area (Å²) >= 11 is 6.20. The molecule has 152 valence electrons. The Morgan fingerprint density at radius 3 is 2.59 bits per heavy atom. The summed E-state index contributed by atoms with van der Waals surface area (Å²) in [6.07, 6.45) is -0.648. The normalized spacial score (nSPS) is 12.1. The van der Waals surface area contributed by atoms with Crippen molar-refractivity contribution in [3.05, 3.63) is 65.0 Å². The fourth-order valence-corrected chi connectivity index (χ4v) is 3.11. The molecule has 7 heteroatoms. The summed E-state index contributed by atoms with van der Waals surface area (Å²) < 4.78 is 11.6. The van der Waals surface area contributed by atoms with E-state index >= 15 is 0 Å². The second-order valence-corrected chi connectivity index (χ2v) is 7.52. The zero-order chi connectivity index (χ0) is 21.0. The molecule has 0 aliphatic heterocycles. The number of hydrogen-bond donors (Lipinski definition) is 0. The van der Waals surface area contributed by atoms with Crippen LogP contribution in [0.1, 0.15) is 32.2 Å². The molecule has 0 radical (unpaired) electrons. The zero-order valence-electron chi connectivity index (χ0n) is 16.9. The van der Waals surface area contributed by atoms with Gasteiger partial charge in [0.05, 0.1) is 17.1 Å². The number of amides is 1. The zero-order valence-corrected chi connectivity index (χ0v) is 17.7. The molecule has 0 spiro atoms. The van der Waals surface area contributed by atoms with E-state index in [-0.39, 0.29) is 18.5 Å². The van der Waals surface area contributed by atoms with Crippen molar-refractivity contribution < 1.29 is 13.9 Å². The van der Waals surface area contributed by atoms with Crippen molar-refractivity contribution in [2.24, 2.45) is 0 Å². The van der Waals surface area contributed by atoms with E-state index in [2.05, 4.69) is 10.2 Å². The number of nitrogens with zero attached hydrogens (tertiary/aromatic N) is 3. The number of rotatable bonds is 7. The molecule has 6 nitrogen and oxygen atoms in total. The quantitative estimate of drug-likeness (QED) is 0.550. The molecule has 1 amide bonds. The van der Waals surface area contributed by atoms with E-state index in [4.69, 9.17) is 20.8 Å². The Morgan fingerprint density at radius 1 is 1.14 bits per heavy atom. The molecule has 0 bridgehead atoms. The molecule has 0 unspecified atom stereocenters. The SMILES string of the molecule is Cc1cccc(O[C@@H](C)C(=O)N(Cc2nnc(-c3ccccc3Cl)o2)C(C)C)c1. The van der Waals surface area contributed by atoms with Gasteiger partial charge in [0.2, 0.25) is 11.8 Å². The lowest BCUT2D eigenvalue weighted by molar-refractivity contribution is -0.140. The molecule has 2 aromatic carbocycles. The van der Waals surface area contributed by atoms with Crippen LogP contribution >= 0.6 is 11.6 Å². The molecule has 0 saturated carbocycles. The van der Waals surface area contributed by atoms with Gasteiger partial charge in [0.1, 0.15) is 5.75 Å².